The Labute approximate surface area is 199 Å². The van der Waals surface area contributed by atoms with Crippen molar-refractivity contribution in [1.29, 1.82) is 0 Å². The van der Waals surface area contributed by atoms with Gasteiger partial charge in [-0.15, -0.1) is 0 Å². The van der Waals surface area contributed by atoms with E-state index >= 15 is 0 Å². The van der Waals surface area contributed by atoms with Gasteiger partial charge < -0.3 is 24.8 Å². The molecule has 7 nitrogen and oxygen atoms in total. The number of thiocarbonyl (C=S) groups is 1. The highest BCUT2D eigenvalue weighted by molar-refractivity contribution is 7.80. The van der Waals surface area contributed by atoms with E-state index in [9.17, 15) is 4.79 Å². The number of amides is 1. The number of nitrogens with one attached hydrogen (secondary N) is 2. The van der Waals surface area contributed by atoms with E-state index in [1.54, 1.807) is 13.3 Å². The molecule has 1 aromatic carbocycles. The van der Waals surface area contributed by atoms with Crippen LogP contribution in [0.4, 0.5) is 11.4 Å². The fourth-order valence-corrected chi connectivity index (χ4v) is 4.26. The fraction of sp³-hybridized carbons (Fsp3) is 0.320. The molecule has 3 heterocycles. The lowest BCUT2D eigenvalue weighted by molar-refractivity contribution is -0.123. The van der Waals surface area contributed by atoms with E-state index in [1.165, 1.54) is 0 Å². The lowest BCUT2D eigenvalue weighted by Gasteiger charge is -2.28. The normalized spacial score (nSPS) is 18.2. The number of benzene rings is 1. The van der Waals surface area contributed by atoms with Gasteiger partial charge in [0.05, 0.1) is 30.6 Å². The average Bonchev–Trinajstić information content (AvgIpc) is 3.36. The number of hydrogen-bond donors (Lipinski definition) is 2. The van der Waals surface area contributed by atoms with Crippen molar-refractivity contribution in [3.8, 4) is 5.75 Å². The summed E-state index contributed by atoms with van der Waals surface area (Å²) in [6.07, 6.45) is 5.91. The standard InChI is InChI=1S/C25H29N5O2S/c1-25(2,3)23(31)27-18-10-9-17(14-20(18)32-5)30-22(16-11-13-29(4)15-16)21(28-24(30)33)19-8-6-7-12-26-19/h6-15,21-22H,1-5H3,(H,27,31)(H,28,33)/t21-,22+/m1/s1. The molecule has 1 fully saturated rings. The molecule has 2 N–H and O–H groups in total. The zero-order valence-electron chi connectivity index (χ0n) is 19.5. The van der Waals surface area contributed by atoms with Gasteiger partial charge in [-0.2, -0.15) is 0 Å². The third kappa shape index (κ3) is 4.57. The Morgan fingerprint density at radius 3 is 2.61 bits per heavy atom. The zero-order chi connectivity index (χ0) is 23.8. The van der Waals surface area contributed by atoms with Crippen LogP contribution in [0.1, 0.15) is 44.1 Å². The second-order valence-corrected chi connectivity index (χ2v) is 9.58. The molecule has 0 radical (unpaired) electrons. The number of carbonyl (C=O) groups excluding carboxylic acids is 1. The smallest absolute Gasteiger partial charge is 0.229 e. The summed E-state index contributed by atoms with van der Waals surface area (Å²) in [5.41, 5.74) is 3.00. The van der Waals surface area contributed by atoms with Gasteiger partial charge in [0.1, 0.15) is 5.75 Å². The van der Waals surface area contributed by atoms with Gasteiger partial charge in [-0.25, -0.2) is 0 Å². The van der Waals surface area contributed by atoms with Crippen LogP contribution in [0.25, 0.3) is 0 Å². The van der Waals surface area contributed by atoms with Gasteiger partial charge in [0.2, 0.25) is 5.91 Å². The number of hydrogen-bond acceptors (Lipinski definition) is 4. The highest BCUT2D eigenvalue weighted by atomic mass is 32.1. The predicted molar refractivity (Wildman–Crippen MR) is 134 cm³/mol. The first-order valence-corrected chi connectivity index (χ1v) is 11.2. The van der Waals surface area contributed by atoms with Gasteiger partial charge >= 0.3 is 0 Å². The van der Waals surface area contributed by atoms with Crippen LogP contribution in [0.5, 0.6) is 5.75 Å². The van der Waals surface area contributed by atoms with Gasteiger partial charge in [-0.3, -0.25) is 9.78 Å². The molecule has 2 atom stereocenters. The minimum Gasteiger partial charge on any atom is -0.494 e. The average molecular weight is 464 g/mol. The lowest BCUT2D eigenvalue weighted by Crippen LogP contribution is -2.30. The number of rotatable bonds is 5. The highest BCUT2D eigenvalue weighted by Crippen LogP contribution is 2.43. The topological polar surface area (TPSA) is 71.4 Å². The molecule has 33 heavy (non-hydrogen) atoms. The largest absolute Gasteiger partial charge is 0.494 e. The molecule has 0 unspecified atom stereocenters. The van der Waals surface area contributed by atoms with Crippen LogP contribution in [0.3, 0.4) is 0 Å². The molecule has 4 rings (SSSR count). The molecule has 1 amide bonds. The molecule has 8 heteroatoms. The molecule has 0 saturated carbocycles. The Morgan fingerprint density at radius 2 is 2.00 bits per heavy atom. The lowest BCUT2D eigenvalue weighted by atomic mass is 9.95. The Balaban J connectivity index is 1.74. The van der Waals surface area contributed by atoms with Crippen molar-refractivity contribution in [1.82, 2.24) is 14.9 Å². The molecule has 0 aliphatic carbocycles. The molecule has 1 aliphatic rings. The van der Waals surface area contributed by atoms with Crippen molar-refractivity contribution in [3.05, 3.63) is 72.3 Å². The number of methoxy groups -OCH3 is 1. The Bertz CT molecular complexity index is 1170. The number of pyridine rings is 1. The van der Waals surface area contributed by atoms with E-state index in [1.807, 2.05) is 75.0 Å². The fourth-order valence-electron chi connectivity index (χ4n) is 3.91. The Morgan fingerprint density at radius 1 is 1.21 bits per heavy atom. The number of carbonyl (C=O) groups is 1. The molecule has 1 aliphatic heterocycles. The molecular weight excluding hydrogens is 434 g/mol. The van der Waals surface area contributed by atoms with Gasteiger partial charge in [-0.1, -0.05) is 26.8 Å². The number of anilines is 2. The second kappa shape index (κ2) is 8.86. The Kier molecular flexibility index (Phi) is 6.12. The van der Waals surface area contributed by atoms with Crippen LogP contribution in [0.15, 0.2) is 61.1 Å². The first-order chi connectivity index (χ1) is 15.7. The quantitative estimate of drug-likeness (QED) is 0.540. The third-order valence-electron chi connectivity index (χ3n) is 5.69. The van der Waals surface area contributed by atoms with E-state index in [4.69, 9.17) is 17.0 Å². The van der Waals surface area contributed by atoms with Crippen molar-refractivity contribution in [2.24, 2.45) is 12.5 Å². The van der Waals surface area contributed by atoms with Gasteiger partial charge in [0.15, 0.2) is 5.11 Å². The first kappa shape index (κ1) is 22.8. The minimum absolute atomic E-state index is 0.0794. The van der Waals surface area contributed by atoms with Gasteiger partial charge in [-0.05, 0) is 48.1 Å². The summed E-state index contributed by atoms with van der Waals surface area (Å²) in [7, 11) is 3.60. The summed E-state index contributed by atoms with van der Waals surface area (Å²) in [5, 5.41) is 7.03. The van der Waals surface area contributed by atoms with Crippen molar-refractivity contribution in [3.63, 3.8) is 0 Å². The molecular formula is C25H29N5O2S. The maximum atomic E-state index is 12.5. The molecule has 0 bridgehead atoms. The van der Waals surface area contributed by atoms with Crippen LogP contribution in [0, 0.1) is 5.41 Å². The maximum Gasteiger partial charge on any atom is 0.229 e. The number of aromatic nitrogens is 2. The molecule has 2 aromatic heterocycles. The summed E-state index contributed by atoms with van der Waals surface area (Å²) < 4.78 is 7.65. The van der Waals surface area contributed by atoms with Crippen LogP contribution in [0.2, 0.25) is 0 Å². The van der Waals surface area contributed by atoms with Crippen molar-refractivity contribution >= 4 is 34.6 Å². The number of ether oxygens (including phenoxy) is 1. The first-order valence-electron chi connectivity index (χ1n) is 10.8. The van der Waals surface area contributed by atoms with Gasteiger partial charge in [0, 0.05) is 42.8 Å². The third-order valence-corrected chi connectivity index (χ3v) is 6.00. The monoisotopic (exact) mass is 463 g/mol. The van der Waals surface area contributed by atoms with E-state index in [0.717, 1.165) is 16.9 Å². The van der Waals surface area contributed by atoms with E-state index < -0.39 is 5.41 Å². The van der Waals surface area contributed by atoms with Crippen molar-refractivity contribution in [2.75, 3.05) is 17.3 Å². The molecule has 1 saturated heterocycles. The van der Waals surface area contributed by atoms with E-state index in [2.05, 4.69) is 32.8 Å². The van der Waals surface area contributed by atoms with Crippen molar-refractivity contribution < 1.29 is 9.53 Å². The zero-order valence-corrected chi connectivity index (χ0v) is 20.3. The molecule has 0 spiro atoms. The van der Waals surface area contributed by atoms with E-state index in [0.29, 0.717) is 16.5 Å². The SMILES string of the molecule is COc1cc(N2C(=S)N[C@H](c3ccccn3)[C@@H]2c2ccn(C)c2)ccc1NC(=O)C(C)(C)C. The summed E-state index contributed by atoms with van der Waals surface area (Å²) in [6, 6.07) is 13.5. The summed E-state index contributed by atoms with van der Waals surface area (Å²) in [6.45, 7) is 5.62. The number of nitrogens with zero attached hydrogens (tertiary/aromatic N) is 3. The van der Waals surface area contributed by atoms with Crippen molar-refractivity contribution in [2.45, 2.75) is 32.9 Å². The maximum absolute atomic E-state index is 12.5. The van der Waals surface area contributed by atoms with Gasteiger partial charge in [0.25, 0.3) is 0 Å². The van der Waals surface area contributed by atoms with E-state index in [-0.39, 0.29) is 18.0 Å². The number of aryl methyl sites for hydroxylation is 1. The second-order valence-electron chi connectivity index (χ2n) is 9.20. The van der Waals surface area contributed by atoms with Crippen LogP contribution in [-0.2, 0) is 11.8 Å². The van der Waals surface area contributed by atoms with Crippen LogP contribution >= 0.6 is 12.2 Å². The van der Waals surface area contributed by atoms with Crippen LogP contribution in [-0.4, -0.2) is 27.7 Å². The highest BCUT2D eigenvalue weighted by Gasteiger charge is 2.41. The van der Waals surface area contributed by atoms with Crippen LogP contribution < -0.4 is 20.3 Å². The minimum atomic E-state index is -0.515. The predicted octanol–water partition coefficient (Wildman–Crippen LogP) is 4.59. The Hall–Kier alpha value is -3.39. The summed E-state index contributed by atoms with van der Waals surface area (Å²) in [5.74, 6) is 0.491. The summed E-state index contributed by atoms with van der Waals surface area (Å²) >= 11 is 5.78. The molecule has 3 aromatic rings. The summed E-state index contributed by atoms with van der Waals surface area (Å²) in [4.78, 5) is 19.2. The molecule has 172 valence electrons.